The zero-order valence-corrected chi connectivity index (χ0v) is 12.6. The second-order valence-electron chi connectivity index (χ2n) is 5.36. The molecule has 0 bridgehead atoms. The Morgan fingerprint density at radius 2 is 1.86 bits per heavy atom. The summed E-state index contributed by atoms with van der Waals surface area (Å²) in [4.78, 5) is 2.01. The molecule has 6 nitrogen and oxygen atoms in total. The molecule has 1 fully saturated rings. The third kappa shape index (κ3) is 3.39. The number of hydrogen-bond donors (Lipinski definition) is 3. The maximum Gasteiger partial charge on any atom is 0.241 e. The molecule has 1 aliphatic rings. The van der Waals surface area contributed by atoms with Crippen LogP contribution in [0.2, 0.25) is 0 Å². The third-order valence-corrected chi connectivity index (χ3v) is 5.36. The van der Waals surface area contributed by atoms with Crippen LogP contribution in [0.15, 0.2) is 29.2 Å². The minimum atomic E-state index is -3.85. The normalized spacial score (nSPS) is 19.3. The summed E-state index contributed by atoms with van der Waals surface area (Å²) in [6.07, 6.45) is 0.860. The van der Waals surface area contributed by atoms with Crippen LogP contribution in [-0.2, 0) is 10.0 Å². The molecule has 1 aromatic rings. The maximum atomic E-state index is 12.9. The second-order valence-corrected chi connectivity index (χ2v) is 7.04. The summed E-state index contributed by atoms with van der Waals surface area (Å²) in [5, 5.41) is 7.75. The number of halogens is 1. The predicted molar refractivity (Wildman–Crippen MR) is 78.1 cm³/mol. The summed E-state index contributed by atoms with van der Waals surface area (Å²) in [7, 11) is -1.92. The first-order chi connectivity index (χ1) is 9.75. The van der Waals surface area contributed by atoms with Crippen LogP contribution in [0, 0.1) is 11.2 Å². The Morgan fingerprint density at radius 1 is 1.33 bits per heavy atom. The lowest BCUT2D eigenvalue weighted by molar-refractivity contribution is 0.218. The molecular weight excluding hydrogens is 295 g/mol. The Labute approximate surface area is 123 Å². The van der Waals surface area contributed by atoms with Crippen molar-refractivity contribution < 1.29 is 12.8 Å². The van der Waals surface area contributed by atoms with Gasteiger partial charge in [-0.3, -0.25) is 5.41 Å². The predicted octanol–water partition coefficient (Wildman–Crippen LogP) is 0.504. The number of likely N-dealkylation sites (tertiary alicyclic amines) is 1. The Bertz CT molecular complexity index is 622. The molecule has 2 rings (SSSR count). The molecule has 0 amide bonds. The van der Waals surface area contributed by atoms with E-state index in [0.717, 1.165) is 12.1 Å². The van der Waals surface area contributed by atoms with E-state index >= 15 is 0 Å². The molecule has 116 valence electrons. The zero-order chi connectivity index (χ0) is 15.7. The van der Waals surface area contributed by atoms with Crippen LogP contribution in [0.4, 0.5) is 4.39 Å². The SMILES string of the molecule is CN1CCC(NS(=O)(=O)c2ccc(F)cc2)(C(=N)N)CC1. The van der Waals surface area contributed by atoms with E-state index in [2.05, 4.69) is 4.72 Å². The van der Waals surface area contributed by atoms with Crippen molar-refractivity contribution in [1.82, 2.24) is 9.62 Å². The number of nitrogens with one attached hydrogen (secondary N) is 2. The molecule has 0 unspecified atom stereocenters. The average Bonchev–Trinajstić information content (AvgIpc) is 2.41. The van der Waals surface area contributed by atoms with Crippen LogP contribution >= 0.6 is 0 Å². The number of benzene rings is 1. The lowest BCUT2D eigenvalue weighted by Crippen LogP contribution is -2.61. The molecule has 21 heavy (non-hydrogen) atoms. The molecule has 0 radical (unpaired) electrons. The molecule has 0 saturated carbocycles. The fraction of sp³-hybridized carbons (Fsp3) is 0.462. The van der Waals surface area contributed by atoms with Crippen LogP contribution in [-0.4, -0.2) is 44.8 Å². The first kappa shape index (κ1) is 15.9. The van der Waals surface area contributed by atoms with Crippen LogP contribution in [0.3, 0.4) is 0 Å². The number of amidine groups is 1. The van der Waals surface area contributed by atoms with Gasteiger partial charge in [0.15, 0.2) is 0 Å². The smallest absolute Gasteiger partial charge is 0.241 e. The Morgan fingerprint density at radius 3 is 2.33 bits per heavy atom. The monoisotopic (exact) mass is 314 g/mol. The van der Waals surface area contributed by atoms with E-state index in [-0.39, 0.29) is 10.7 Å². The number of nitrogens with zero attached hydrogens (tertiary/aromatic N) is 1. The minimum Gasteiger partial charge on any atom is -0.386 e. The van der Waals surface area contributed by atoms with E-state index < -0.39 is 21.4 Å². The van der Waals surface area contributed by atoms with E-state index in [0.29, 0.717) is 25.9 Å². The van der Waals surface area contributed by atoms with Gasteiger partial charge in [-0.25, -0.2) is 12.8 Å². The van der Waals surface area contributed by atoms with E-state index in [1.165, 1.54) is 12.1 Å². The van der Waals surface area contributed by atoms with Gasteiger partial charge in [-0.15, -0.1) is 0 Å². The van der Waals surface area contributed by atoms with Gasteiger partial charge >= 0.3 is 0 Å². The Kier molecular flexibility index (Phi) is 4.31. The number of hydrogen-bond acceptors (Lipinski definition) is 4. The first-order valence-electron chi connectivity index (χ1n) is 6.58. The minimum absolute atomic E-state index is 0.0385. The van der Waals surface area contributed by atoms with Gasteiger partial charge in [0.25, 0.3) is 0 Å². The summed E-state index contributed by atoms with van der Waals surface area (Å²) in [6, 6.07) is 4.56. The fourth-order valence-electron chi connectivity index (χ4n) is 2.36. The van der Waals surface area contributed by atoms with Crippen LogP contribution < -0.4 is 10.5 Å². The van der Waals surface area contributed by atoms with Gasteiger partial charge in [0.1, 0.15) is 11.7 Å². The van der Waals surface area contributed by atoms with Gasteiger partial charge in [0.05, 0.1) is 10.4 Å². The van der Waals surface area contributed by atoms with Crippen molar-refractivity contribution in [2.75, 3.05) is 20.1 Å². The van der Waals surface area contributed by atoms with Crippen molar-refractivity contribution >= 4 is 15.9 Å². The van der Waals surface area contributed by atoms with Gasteiger partial charge in [0, 0.05) is 13.1 Å². The van der Waals surface area contributed by atoms with Crippen molar-refractivity contribution in [2.45, 2.75) is 23.3 Å². The molecule has 0 atom stereocenters. The molecule has 4 N–H and O–H groups in total. The van der Waals surface area contributed by atoms with Gasteiger partial charge in [-0.1, -0.05) is 0 Å². The number of nitrogens with two attached hydrogens (primary N) is 1. The topological polar surface area (TPSA) is 99.3 Å². The number of piperidine rings is 1. The van der Waals surface area contributed by atoms with Crippen LogP contribution in [0.25, 0.3) is 0 Å². The van der Waals surface area contributed by atoms with Gasteiger partial charge in [-0.05, 0) is 44.2 Å². The Hall–Kier alpha value is -1.51. The van der Waals surface area contributed by atoms with E-state index in [4.69, 9.17) is 11.1 Å². The summed E-state index contributed by atoms with van der Waals surface area (Å²) in [5.41, 5.74) is 4.57. The van der Waals surface area contributed by atoms with Crippen molar-refractivity contribution in [3.63, 3.8) is 0 Å². The first-order valence-corrected chi connectivity index (χ1v) is 8.06. The lowest BCUT2D eigenvalue weighted by atomic mass is 9.88. The van der Waals surface area contributed by atoms with E-state index in [9.17, 15) is 12.8 Å². The molecule has 1 saturated heterocycles. The zero-order valence-electron chi connectivity index (χ0n) is 11.8. The highest BCUT2D eigenvalue weighted by Crippen LogP contribution is 2.24. The third-order valence-electron chi connectivity index (χ3n) is 3.81. The molecular formula is C13H19FN4O2S. The van der Waals surface area contributed by atoms with Gasteiger partial charge in [-0.2, -0.15) is 4.72 Å². The molecule has 0 aromatic heterocycles. The van der Waals surface area contributed by atoms with Crippen LogP contribution in [0.1, 0.15) is 12.8 Å². The molecule has 1 heterocycles. The number of sulfonamides is 1. The quantitative estimate of drug-likeness (QED) is 0.557. The largest absolute Gasteiger partial charge is 0.386 e. The standard InChI is InChI=1S/C13H19FN4O2S/c1-18-8-6-13(7-9-18,12(15)16)17-21(19,20)11-4-2-10(14)3-5-11/h2-5,17H,6-9H2,1H3,(H3,15,16). The van der Waals surface area contributed by atoms with Gasteiger partial charge < -0.3 is 10.6 Å². The maximum absolute atomic E-state index is 12.9. The number of rotatable bonds is 4. The lowest BCUT2D eigenvalue weighted by Gasteiger charge is -2.39. The molecule has 8 heteroatoms. The summed E-state index contributed by atoms with van der Waals surface area (Å²) in [5.74, 6) is -0.698. The van der Waals surface area contributed by atoms with Crippen molar-refractivity contribution in [3.8, 4) is 0 Å². The van der Waals surface area contributed by atoms with E-state index in [1.807, 2.05) is 11.9 Å². The second kappa shape index (κ2) is 5.70. The van der Waals surface area contributed by atoms with Gasteiger partial charge in [0.2, 0.25) is 10.0 Å². The highest BCUT2D eigenvalue weighted by molar-refractivity contribution is 7.89. The molecule has 1 aromatic carbocycles. The summed E-state index contributed by atoms with van der Waals surface area (Å²) in [6.45, 7) is 1.29. The summed E-state index contributed by atoms with van der Waals surface area (Å²) < 4.78 is 40.3. The molecule has 0 aliphatic carbocycles. The molecule has 0 spiro atoms. The van der Waals surface area contributed by atoms with Crippen molar-refractivity contribution in [2.24, 2.45) is 5.73 Å². The molecule has 1 aliphatic heterocycles. The summed E-state index contributed by atoms with van der Waals surface area (Å²) >= 11 is 0. The van der Waals surface area contributed by atoms with Crippen LogP contribution in [0.5, 0.6) is 0 Å². The highest BCUT2D eigenvalue weighted by atomic mass is 32.2. The highest BCUT2D eigenvalue weighted by Gasteiger charge is 2.40. The van der Waals surface area contributed by atoms with Crippen molar-refractivity contribution in [1.29, 1.82) is 5.41 Å². The average molecular weight is 314 g/mol. The fourth-order valence-corrected chi connectivity index (χ4v) is 3.80. The van der Waals surface area contributed by atoms with E-state index in [1.54, 1.807) is 0 Å². The van der Waals surface area contributed by atoms with Crippen molar-refractivity contribution in [3.05, 3.63) is 30.1 Å². The Balaban J connectivity index is 2.28.